The Labute approximate surface area is 127 Å². The van der Waals surface area contributed by atoms with Crippen LogP contribution in [0.15, 0.2) is 12.1 Å². The van der Waals surface area contributed by atoms with Gasteiger partial charge in [0.2, 0.25) is 0 Å². The van der Waals surface area contributed by atoms with Gasteiger partial charge in [0.1, 0.15) is 0 Å². The third-order valence-electron chi connectivity index (χ3n) is 3.28. The zero-order valence-electron chi connectivity index (χ0n) is 11.3. The van der Waals surface area contributed by atoms with Crippen LogP contribution in [0.25, 0.3) is 10.9 Å². The third-order valence-corrected chi connectivity index (χ3v) is 3.90. The molecule has 0 saturated heterocycles. The average molecular weight is 312 g/mol. The molecule has 0 unspecified atom stereocenters. The van der Waals surface area contributed by atoms with Crippen LogP contribution in [-0.2, 0) is 12.8 Å². The van der Waals surface area contributed by atoms with Crippen molar-refractivity contribution in [3.63, 3.8) is 0 Å². The summed E-state index contributed by atoms with van der Waals surface area (Å²) in [6.07, 6.45) is 2.22. The maximum Gasteiger partial charge on any atom is 0.336 e. The number of hydrogen-bond donors (Lipinski definition) is 1. The summed E-state index contributed by atoms with van der Waals surface area (Å²) >= 11 is 12.3. The zero-order chi connectivity index (χ0) is 14.9. The van der Waals surface area contributed by atoms with Gasteiger partial charge in [-0.25, -0.2) is 4.79 Å². The van der Waals surface area contributed by atoms with Crippen molar-refractivity contribution in [1.82, 2.24) is 4.98 Å². The lowest BCUT2D eigenvalue weighted by Gasteiger charge is -2.15. The van der Waals surface area contributed by atoms with Gasteiger partial charge in [0, 0.05) is 11.1 Å². The molecule has 1 aromatic carbocycles. The van der Waals surface area contributed by atoms with Gasteiger partial charge in [-0.1, -0.05) is 43.5 Å². The number of halogens is 2. The lowest BCUT2D eigenvalue weighted by Crippen LogP contribution is -2.09. The monoisotopic (exact) mass is 311 g/mol. The van der Waals surface area contributed by atoms with Crippen molar-refractivity contribution < 1.29 is 9.90 Å². The van der Waals surface area contributed by atoms with E-state index < -0.39 is 5.97 Å². The molecule has 0 bridgehead atoms. The first-order valence-electron chi connectivity index (χ1n) is 6.53. The quantitative estimate of drug-likeness (QED) is 0.886. The standard InChI is InChI=1S/C15H15Cl2NO2/c1-3-5-11-8(4-2)12(15(19)20)13-9(16)6-7-10(17)14(13)18-11/h6-7H,3-5H2,1-2H3,(H,19,20). The molecule has 0 amide bonds. The van der Waals surface area contributed by atoms with Gasteiger partial charge in [-0.05, 0) is 30.5 Å². The second kappa shape index (κ2) is 5.98. The van der Waals surface area contributed by atoms with Crippen molar-refractivity contribution in [2.24, 2.45) is 0 Å². The van der Waals surface area contributed by atoms with Crippen LogP contribution in [0.2, 0.25) is 10.0 Å². The Bertz CT molecular complexity index is 683. The Morgan fingerprint density at radius 3 is 2.45 bits per heavy atom. The number of hydrogen-bond acceptors (Lipinski definition) is 2. The number of aromatic carboxylic acids is 1. The number of carboxylic acid groups (broad SMARTS) is 1. The molecule has 0 atom stereocenters. The fraction of sp³-hybridized carbons (Fsp3) is 0.333. The Balaban J connectivity index is 2.98. The maximum atomic E-state index is 11.7. The maximum absolute atomic E-state index is 11.7. The molecule has 3 nitrogen and oxygen atoms in total. The minimum Gasteiger partial charge on any atom is -0.478 e. The zero-order valence-corrected chi connectivity index (χ0v) is 12.8. The summed E-state index contributed by atoms with van der Waals surface area (Å²) in [5, 5.41) is 10.8. The fourth-order valence-electron chi connectivity index (χ4n) is 2.45. The van der Waals surface area contributed by atoms with E-state index in [1.165, 1.54) is 0 Å². The van der Waals surface area contributed by atoms with E-state index in [1.54, 1.807) is 12.1 Å². The minimum atomic E-state index is -0.990. The van der Waals surface area contributed by atoms with Gasteiger partial charge >= 0.3 is 5.97 Å². The normalized spacial score (nSPS) is 11.0. The van der Waals surface area contributed by atoms with Crippen LogP contribution in [0, 0.1) is 0 Å². The number of nitrogens with zero attached hydrogens (tertiary/aromatic N) is 1. The predicted octanol–water partition coefficient (Wildman–Crippen LogP) is 4.75. The molecule has 1 aromatic heterocycles. The predicted molar refractivity (Wildman–Crippen MR) is 82.1 cm³/mol. The molecule has 0 radical (unpaired) electrons. The van der Waals surface area contributed by atoms with Crippen molar-refractivity contribution in [3.05, 3.63) is 39.0 Å². The Morgan fingerprint density at radius 1 is 1.25 bits per heavy atom. The second-order valence-electron chi connectivity index (χ2n) is 4.57. The first-order valence-corrected chi connectivity index (χ1v) is 7.29. The molecule has 0 saturated carbocycles. The van der Waals surface area contributed by atoms with E-state index in [4.69, 9.17) is 23.2 Å². The number of aromatic nitrogens is 1. The Hall–Kier alpha value is -1.32. The molecule has 5 heteroatoms. The summed E-state index contributed by atoms with van der Waals surface area (Å²) in [4.78, 5) is 16.2. The van der Waals surface area contributed by atoms with Crippen LogP contribution in [0.5, 0.6) is 0 Å². The number of benzene rings is 1. The molecule has 0 aliphatic rings. The van der Waals surface area contributed by atoms with E-state index in [9.17, 15) is 9.90 Å². The van der Waals surface area contributed by atoms with E-state index in [-0.39, 0.29) is 5.56 Å². The summed E-state index contributed by atoms with van der Waals surface area (Å²) in [6, 6.07) is 3.26. The van der Waals surface area contributed by atoms with Gasteiger partial charge in [0.25, 0.3) is 0 Å². The van der Waals surface area contributed by atoms with Crippen molar-refractivity contribution in [1.29, 1.82) is 0 Å². The molecule has 1 N–H and O–H groups in total. The van der Waals surface area contributed by atoms with Crippen LogP contribution in [-0.4, -0.2) is 16.1 Å². The highest BCUT2D eigenvalue weighted by Gasteiger charge is 2.21. The largest absolute Gasteiger partial charge is 0.478 e. The number of carboxylic acids is 1. The van der Waals surface area contributed by atoms with E-state index in [2.05, 4.69) is 4.98 Å². The number of aryl methyl sites for hydroxylation is 1. The lowest BCUT2D eigenvalue weighted by molar-refractivity contribution is 0.0697. The van der Waals surface area contributed by atoms with Crippen molar-refractivity contribution in [2.75, 3.05) is 0 Å². The highest BCUT2D eigenvalue weighted by molar-refractivity contribution is 6.41. The number of rotatable bonds is 4. The van der Waals surface area contributed by atoms with Gasteiger partial charge < -0.3 is 5.11 Å². The molecule has 0 fully saturated rings. The molecule has 0 aliphatic carbocycles. The van der Waals surface area contributed by atoms with Gasteiger partial charge in [0.15, 0.2) is 0 Å². The van der Waals surface area contributed by atoms with E-state index >= 15 is 0 Å². The number of pyridine rings is 1. The molecule has 106 valence electrons. The summed E-state index contributed by atoms with van der Waals surface area (Å²) in [7, 11) is 0. The molecule has 0 spiro atoms. The Kier molecular flexibility index (Phi) is 4.51. The number of carbonyl (C=O) groups is 1. The molecule has 0 aliphatic heterocycles. The van der Waals surface area contributed by atoms with Crippen molar-refractivity contribution in [3.8, 4) is 0 Å². The third kappa shape index (κ3) is 2.48. The first kappa shape index (κ1) is 15.1. The average Bonchev–Trinajstić information content (AvgIpc) is 2.42. The van der Waals surface area contributed by atoms with E-state index in [0.717, 1.165) is 24.1 Å². The number of fused-ring (bicyclic) bond motifs is 1. The molecule has 1 heterocycles. The van der Waals surface area contributed by atoms with Crippen LogP contribution in [0.3, 0.4) is 0 Å². The summed E-state index contributed by atoms with van der Waals surface area (Å²) in [5.74, 6) is -0.990. The van der Waals surface area contributed by atoms with Crippen LogP contribution >= 0.6 is 23.2 Å². The van der Waals surface area contributed by atoms with E-state index in [1.807, 2.05) is 13.8 Å². The summed E-state index contributed by atoms with van der Waals surface area (Å²) < 4.78 is 0. The fourth-order valence-corrected chi connectivity index (χ4v) is 2.89. The Morgan fingerprint density at radius 2 is 1.90 bits per heavy atom. The van der Waals surface area contributed by atoms with Crippen molar-refractivity contribution in [2.45, 2.75) is 33.1 Å². The SMILES string of the molecule is CCCc1nc2c(Cl)ccc(Cl)c2c(C(=O)O)c1CC. The molecule has 20 heavy (non-hydrogen) atoms. The molecular formula is C15H15Cl2NO2. The van der Waals surface area contributed by atoms with E-state index in [0.29, 0.717) is 27.4 Å². The van der Waals surface area contributed by atoms with Crippen LogP contribution < -0.4 is 0 Å². The second-order valence-corrected chi connectivity index (χ2v) is 5.39. The van der Waals surface area contributed by atoms with Crippen LogP contribution in [0.4, 0.5) is 0 Å². The highest BCUT2D eigenvalue weighted by Crippen LogP contribution is 2.34. The van der Waals surface area contributed by atoms with Crippen LogP contribution in [0.1, 0.15) is 41.9 Å². The van der Waals surface area contributed by atoms with Gasteiger partial charge in [0.05, 0.1) is 21.1 Å². The summed E-state index contributed by atoms with van der Waals surface area (Å²) in [6.45, 7) is 3.96. The van der Waals surface area contributed by atoms with Gasteiger partial charge in [-0.15, -0.1) is 0 Å². The van der Waals surface area contributed by atoms with Gasteiger partial charge in [-0.2, -0.15) is 0 Å². The molecule has 2 aromatic rings. The van der Waals surface area contributed by atoms with Crippen molar-refractivity contribution >= 4 is 40.1 Å². The molecular weight excluding hydrogens is 297 g/mol. The lowest BCUT2D eigenvalue weighted by atomic mass is 9.96. The minimum absolute atomic E-state index is 0.230. The first-order chi connectivity index (χ1) is 9.51. The van der Waals surface area contributed by atoms with Gasteiger partial charge in [-0.3, -0.25) is 4.98 Å². The highest BCUT2D eigenvalue weighted by atomic mass is 35.5. The topological polar surface area (TPSA) is 50.2 Å². The smallest absolute Gasteiger partial charge is 0.336 e. The molecule has 2 rings (SSSR count). The summed E-state index contributed by atoms with van der Waals surface area (Å²) in [5.41, 5.74) is 2.24.